The van der Waals surface area contributed by atoms with Crippen LogP contribution in [0.2, 0.25) is 0 Å². The number of furan rings is 1. The Kier molecular flexibility index (Phi) is 4.04. The highest BCUT2D eigenvalue weighted by molar-refractivity contribution is 7.19. The number of oxazole rings is 1. The van der Waals surface area contributed by atoms with Crippen molar-refractivity contribution in [1.82, 2.24) is 4.98 Å². The first-order valence-electron chi connectivity index (χ1n) is 9.13. The molecule has 5 rings (SSSR count). The number of allylic oxidation sites excluding steroid dienone is 3. The van der Waals surface area contributed by atoms with E-state index in [0.717, 1.165) is 20.8 Å². The summed E-state index contributed by atoms with van der Waals surface area (Å²) in [7, 11) is 0. The molecule has 3 aromatic heterocycles. The van der Waals surface area contributed by atoms with Gasteiger partial charge in [0, 0.05) is 33.2 Å². The maximum Gasteiger partial charge on any atom is 0.264 e. The lowest BCUT2D eigenvalue weighted by Gasteiger charge is -2.04. The lowest BCUT2D eigenvalue weighted by Crippen LogP contribution is -1.95. The van der Waals surface area contributed by atoms with Crippen LogP contribution in [0.5, 0.6) is 0 Å². The number of hydrogen-bond donors (Lipinski definition) is 0. The molecule has 0 spiro atoms. The van der Waals surface area contributed by atoms with E-state index in [4.69, 9.17) is 8.83 Å². The van der Waals surface area contributed by atoms with E-state index in [1.165, 1.54) is 11.3 Å². The zero-order valence-corrected chi connectivity index (χ0v) is 16.2. The average Bonchev–Trinajstić information content (AvgIpc) is 3.49. The summed E-state index contributed by atoms with van der Waals surface area (Å²) in [6, 6.07) is 15.1. The van der Waals surface area contributed by atoms with Gasteiger partial charge in [-0.2, -0.15) is 10.2 Å². The van der Waals surface area contributed by atoms with Gasteiger partial charge in [-0.25, -0.2) is 0 Å². The van der Waals surface area contributed by atoms with Gasteiger partial charge in [0.2, 0.25) is 0 Å². The number of hydrogen-bond acceptors (Lipinski definition) is 6. The maximum atomic E-state index is 13.1. The van der Waals surface area contributed by atoms with Gasteiger partial charge < -0.3 is 8.83 Å². The summed E-state index contributed by atoms with van der Waals surface area (Å²) >= 11 is 1.43. The number of Topliss-reactive ketones (excluding diaryl/α,β-unsaturated/α-hetero) is 1. The van der Waals surface area contributed by atoms with E-state index >= 15 is 0 Å². The van der Waals surface area contributed by atoms with Gasteiger partial charge in [-0.3, -0.25) is 4.79 Å². The smallest absolute Gasteiger partial charge is 0.264 e. The topological polar surface area (TPSA) is 80.0 Å². The van der Waals surface area contributed by atoms with Crippen LogP contribution in [0, 0.1) is 11.3 Å². The minimum atomic E-state index is -0.0638. The number of nitrogens with zero attached hydrogens (tertiary/aromatic N) is 2. The van der Waals surface area contributed by atoms with E-state index in [1.807, 2.05) is 37.3 Å². The van der Waals surface area contributed by atoms with Crippen molar-refractivity contribution in [2.75, 3.05) is 0 Å². The van der Waals surface area contributed by atoms with E-state index in [1.54, 1.807) is 24.5 Å². The molecule has 5 nitrogen and oxygen atoms in total. The lowest BCUT2D eigenvalue weighted by atomic mass is 9.97. The highest BCUT2D eigenvalue weighted by Crippen LogP contribution is 2.41. The van der Waals surface area contributed by atoms with Gasteiger partial charge in [-0.05, 0) is 30.2 Å². The highest BCUT2D eigenvalue weighted by Gasteiger charge is 2.31. The van der Waals surface area contributed by atoms with Gasteiger partial charge in [0.1, 0.15) is 0 Å². The van der Waals surface area contributed by atoms with E-state index in [2.05, 4.69) is 11.1 Å². The molecule has 0 radical (unpaired) electrons. The van der Waals surface area contributed by atoms with Crippen LogP contribution in [0.1, 0.15) is 34.1 Å². The molecule has 0 aliphatic heterocycles. The van der Waals surface area contributed by atoms with E-state index < -0.39 is 0 Å². The van der Waals surface area contributed by atoms with Crippen LogP contribution in [0.15, 0.2) is 68.7 Å². The molecule has 140 valence electrons. The van der Waals surface area contributed by atoms with Crippen molar-refractivity contribution < 1.29 is 13.6 Å². The van der Waals surface area contributed by atoms with Crippen molar-refractivity contribution in [1.29, 1.82) is 5.26 Å². The van der Waals surface area contributed by atoms with Crippen LogP contribution in [-0.2, 0) is 0 Å². The van der Waals surface area contributed by atoms with Crippen LogP contribution >= 0.6 is 11.3 Å². The SMILES string of the molecule is CC/C(C#N)=C1/C(=C/c2cc3oc(-c4ccco4)nc3s2)C(=O)c2ccccc21. The molecule has 0 saturated heterocycles. The van der Waals surface area contributed by atoms with Crippen molar-refractivity contribution in [3.05, 3.63) is 75.9 Å². The van der Waals surface area contributed by atoms with E-state index in [-0.39, 0.29) is 5.78 Å². The van der Waals surface area contributed by atoms with Gasteiger partial charge in [0.15, 0.2) is 22.0 Å². The van der Waals surface area contributed by atoms with Crippen molar-refractivity contribution >= 4 is 39.2 Å². The molecule has 1 aliphatic carbocycles. The largest absolute Gasteiger partial charge is 0.459 e. The lowest BCUT2D eigenvalue weighted by molar-refractivity contribution is 0.104. The van der Waals surface area contributed by atoms with Crippen LogP contribution in [-0.4, -0.2) is 10.8 Å². The average molecular weight is 398 g/mol. The van der Waals surface area contributed by atoms with E-state index in [0.29, 0.717) is 40.4 Å². The zero-order valence-electron chi connectivity index (χ0n) is 15.4. The quantitative estimate of drug-likeness (QED) is 0.307. The molecular weight excluding hydrogens is 384 g/mol. The second-order valence-corrected chi connectivity index (χ2v) is 7.63. The summed E-state index contributed by atoms with van der Waals surface area (Å²) in [6.45, 7) is 1.92. The molecule has 1 aromatic carbocycles. The summed E-state index contributed by atoms with van der Waals surface area (Å²) in [5.74, 6) is 0.936. The molecule has 1 aliphatic rings. The summed E-state index contributed by atoms with van der Waals surface area (Å²) in [6.07, 6.45) is 3.96. The number of rotatable bonds is 3. The van der Waals surface area contributed by atoms with Crippen molar-refractivity contribution in [3.8, 4) is 17.7 Å². The Bertz CT molecular complexity index is 1330. The number of aromatic nitrogens is 1. The minimum Gasteiger partial charge on any atom is -0.459 e. The molecule has 6 heteroatoms. The standard InChI is InChI=1S/C23H14N2O3S/c1-2-13(12-24)20-15-6-3-4-7-16(15)21(26)17(20)10-14-11-19-23(29-14)25-22(28-19)18-8-5-9-27-18/h3-11H,2H2,1H3/b17-10-,20-13-. The number of benzene rings is 1. The molecule has 29 heavy (non-hydrogen) atoms. The Balaban J connectivity index is 1.62. The number of fused-ring (bicyclic) bond motifs is 2. The minimum absolute atomic E-state index is 0.0638. The highest BCUT2D eigenvalue weighted by atomic mass is 32.1. The van der Waals surface area contributed by atoms with Crippen LogP contribution in [0.25, 0.3) is 33.7 Å². The summed E-state index contributed by atoms with van der Waals surface area (Å²) < 4.78 is 11.1. The Labute approximate surface area is 170 Å². The molecule has 0 fully saturated rings. The molecule has 0 atom stereocenters. The fourth-order valence-electron chi connectivity index (χ4n) is 3.55. The van der Waals surface area contributed by atoms with Gasteiger partial charge in [-0.15, -0.1) is 11.3 Å². The third-order valence-electron chi connectivity index (χ3n) is 4.87. The van der Waals surface area contributed by atoms with Gasteiger partial charge in [-0.1, -0.05) is 31.2 Å². The van der Waals surface area contributed by atoms with Crippen molar-refractivity contribution in [3.63, 3.8) is 0 Å². The first-order chi connectivity index (χ1) is 14.2. The molecule has 0 saturated carbocycles. The van der Waals surface area contributed by atoms with Gasteiger partial charge in [0.25, 0.3) is 5.89 Å². The van der Waals surface area contributed by atoms with Crippen LogP contribution in [0.3, 0.4) is 0 Å². The molecule has 0 amide bonds. The zero-order chi connectivity index (χ0) is 20.0. The first-order valence-corrected chi connectivity index (χ1v) is 9.95. The van der Waals surface area contributed by atoms with E-state index in [9.17, 15) is 10.1 Å². The first kappa shape index (κ1) is 17.4. The van der Waals surface area contributed by atoms with Crippen LogP contribution in [0.4, 0.5) is 0 Å². The maximum absolute atomic E-state index is 13.1. The van der Waals surface area contributed by atoms with Crippen LogP contribution < -0.4 is 0 Å². The molecule has 3 heterocycles. The third kappa shape index (κ3) is 2.75. The molecule has 4 aromatic rings. The number of carbonyl (C=O) groups excluding carboxylic acids is 1. The normalized spacial score (nSPS) is 16.4. The Morgan fingerprint density at radius 1 is 1.24 bits per heavy atom. The molecule has 0 N–H and O–H groups in total. The monoisotopic (exact) mass is 398 g/mol. The Morgan fingerprint density at radius 2 is 2.07 bits per heavy atom. The van der Waals surface area contributed by atoms with Crippen molar-refractivity contribution in [2.45, 2.75) is 13.3 Å². The number of ketones is 1. The van der Waals surface area contributed by atoms with Gasteiger partial charge in [0.05, 0.1) is 12.3 Å². The fourth-order valence-corrected chi connectivity index (χ4v) is 4.44. The number of thiophene rings is 1. The summed E-state index contributed by atoms with van der Waals surface area (Å²) in [5, 5.41) is 9.61. The Morgan fingerprint density at radius 3 is 2.76 bits per heavy atom. The summed E-state index contributed by atoms with van der Waals surface area (Å²) in [4.78, 5) is 19.1. The Hall–Kier alpha value is -3.69. The number of carbonyl (C=O) groups is 1. The predicted octanol–water partition coefficient (Wildman–Crippen LogP) is 6.12. The van der Waals surface area contributed by atoms with Gasteiger partial charge >= 0.3 is 0 Å². The molecule has 0 unspecified atom stereocenters. The number of nitriles is 1. The molecule has 0 bridgehead atoms. The summed E-state index contributed by atoms with van der Waals surface area (Å²) in [5.41, 5.74) is 3.96. The predicted molar refractivity (Wildman–Crippen MR) is 111 cm³/mol. The van der Waals surface area contributed by atoms with Crippen molar-refractivity contribution in [2.24, 2.45) is 0 Å². The molecular formula is C23H14N2O3S. The fraction of sp³-hybridized carbons (Fsp3) is 0.0870. The second-order valence-electron chi connectivity index (χ2n) is 6.57. The second kappa shape index (κ2) is 6.73. The third-order valence-corrected chi connectivity index (χ3v) is 5.83.